The molecule has 24 heavy (non-hydrogen) atoms. The van der Waals surface area contributed by atoms with Crippen LogP contribution in [0.3, 0.4) is 0 Å². The van der Waals surface area contributed by atoms with Gasteiger partial charge in [-0.2, -0.15) is 0 Å². The van der Waals surface area contributed by atoms with Gasteiger partial charge in [0, 0.05) is 18.9 Å². The van der Waals surface area contributed by atoms with Gasteiger partial charge in [-0.1, -0.05) is 37.8 Å². The van der Waals surface area contributed by atoms with Gasteiger partial charge in [-0.05, 0) is 55.9 Å². The molecule has 1 aromatic carbocycles. The fourth-order valence-corrected chi connectivity index (χ4v) is 4.15. The van der Waals surface area contributed by atoms with Crippen molar-refractivity contribution in [3.05, 3.63) is 34.9 Å². The maximum absolute atomic E-state index is 12.9. The lowest BCUT2D eigenvalue weighted by atomic mass is 9.83. The highest BCUT2D eigenvalue weighted by atomic mass is 16.1. The van der Waals surface area contributed by atoms with E-state index in [1.807, 2.05) is 0 Å². The maximum Gasteiger partial charge on any atom is 0.141 e. The molecule has 0 amide bonds. The van der Waals surface area contributed by atoms with Gasteiger partial charge in [0.25, 0.3) is 0 Å². The first-order valence-electron chi connectivity index (χ1n) is 9.42. The topological polar surface area (TPSA) is 55.5 Å². The minimum Gasteiger partial charge on any atom is -0.326 e. The van der Waals surface area contributed by atoms with E-state index in [0.717, 1.165) is 36.1 Å². The maximum atomic E-state index is 12.9. The van der Waals surface area contributed by atoms with Gasteiger partial charge in [-0.3, -0.25) is 9.79 Å². The van der Waals surface area contributed by atoms with E-state index in [1.165, 1.54) is 31.2 Å². The molecule has 0 radical (unpaired) electrons. The molecule has 1 aromatic rings. The third-order valence-electron chi connectivity index (χ3n) is 5.43. The average Bonchev–Trinajstić information content (AvgIpc) is 2.83. The third kappa shape index (κ3) is 3.94. The van der Waals surface area contributed by atoms with Gasteiger partial charge in [0.05, 0.1) is 11.3 Å². The molecule has 0 aromatic heterocycles. The summed E-state index contributed by atoms with van der Waals surface area (Å²) in [4.78, 5) is 17.8. The zero-order valence-electron chi connectivity index (χ0n) is 15.1. The Balaban J connectivity index is 1.85. The Morgan fingerprint density at radius 1 is 1.21 bits per heavy atom. The Bertz CT molecular complexity index is 637. The Hall–Kier alpha value is -1.48. The number of fused-ring (bicyclic) bond motifs is 1. The number of carbonyl (C=O) groups excluding carboxylic acids is 1. The SMILES string of the molecule is CC1(C)Cc2ccc(CN)cc2C(CC(=O)C2CCCCCC2)=N1. The lowest BCUT2D eigenvalue weighted by Crippen LogP contribution is -2.31. The first-order chi connectivity index (χ1) is 11.5. The number of hydrogen-bond donors (Lipinski definition) is 1. The normalized spacial score (nSPS) is 20.9. The molecule has 0 unspecified atom stereocenters. The number of aliphatic imine (C=N–C) groups is 1. The molecular formula is C21H30N2O. The first-order valence-corrected chi connectivity index (χ1v) is 9.42. The second-order valence-electron chi connectivity index (χ2n) is 8.07. The first kappa shape index (κ1) is 17.3. The molecule has 0 atom stereocenters. The molecule has 0 bridgehead atoms. The van der Waals surface area contributed by atoms with Crippen LogP contribution in [0.15, 0.2) is 23.2 Å². The minimum absolute atomic E-state index is 0.129. The number of ketones is 1. The van der Waals surface area contributed by atoms with Crippen LogP contribution in [0, 0.1) is 5.92 Å². The summed E-state index contributed by atoms with van der Waals surface area (Å²) in [6.45, 7) is 4.84. The molecule has 3 nitrogen and oxygen atoms in total. The Morgan fingerprint density at radius 2 is 1.92 bits per heavy atom. The van der Waals surface area contributed by atoms with E-state index in [1.54, 1.807) is 0 Å². The van der Waals surface area contributed by atoms with Crippen molar-refractivity contribution in [2.45, 2.75) is 77.3 Å². The van der Waals surface area contributed by atoms with Crippen molar-refractivity contribution < 1.29 is 4.79 Å². The molecule has 1 aliphatic carbocycles. The number of rotatable bonds is 4. The zero-order valence-corrected chi connectivity index (χ0v) is 15.1. The molecule has 1 heterocycles. The second kappa shape index (κ2) is 7.18. The monoisotopic (exact) mass is 326 g/mol. The molecule has 1 saturated carbocycles. The lowest BCUT2D eigenvalue weighted by molar-refractivity contribution is -0.122. The summed E-state index contributed by atoms with van der Waals surface area (Å²) in [7, 11) is 0. The highest BCUT2D eigenvalue weighted by Gasteiger charge is 2.29. The van der Waals surface area contributed by atoms with Crippen LogP contribution in [0.1, 0.15) is 75.5 Å². The number of carbonyl (C=O) groups is 1. The molecule has 2 N–H and O–H groups in total. The smallest absolute Gasteiger partial charge is 0.141 e. The van der Waals surface area contributed by atoms with E-state index in [4.69, 9.17) is 10.7 Å². The van der Waals surface area contributed by atoms with Crippen molar-refractivity contribution in [2.75, 3.05) is 0 Å². The van der Waals surface area contributed by atoms with E-state index in [9.17, 15) is 4.79 Å². The van der Waals surface area contributed by atoms with Gasteiger partial charge in [0.15, 0.2) is 0 Å². The highest BCUT2D eigenvalue weighted by molar-refractivity contribution is 6.13. The third-order valence-corrected chi connectivity index (χ3v) is 5.43. The summed E-state index contributed by atoms with van der Waals surface area (Å²) >= 11 is 0. The molecular weight excluding hydrogens is 296 g/mol. The van der Waals surface area contributed by atoms with Crippen molar-refractivity contribution in [2.24, 2.45) is 16.6 Å². The Kier molecular flexibility index (Phi) is 5.19. The molecule has 1 aliphatic heterocycles. The zero-order chi connectivity index (χ0) is 17.2. The number of nitrogens with two attached hydrogens (primary N) is 1. The highest BCUT2D eigenvalue weighted by Crippen LogP contribution is 2.31. The fourth-order valence-electron chi connectivity index (χ4n) is 4.15. The van der Waals surface area contributed by atoms with Gasteiger partial charge in [-0.25, -0.2) is 0 Å². The molecule has 2 aliphatic rings. The van der Waals surface area contributed by atoms with Crippen molar-refractivity contribution in [1.82, 2.24) is 0 Å². The summed E-state index contributed by atoms with van der Waals surface area (Å²) in [5.41, 5.74) is 10.2. The van der Waals surface area contributed by atoms with Crippen LogP contribution < -0.4 is 5.73 Å². The van der Waals surface area contributed by atoms with Crippen LogP contribution in [0.25, 0.3) is 0 Å². The van der Waals surface area contributed by atoms with Crippen LogP contribution >= 0.6 is 0 Å². The Labute approximate surface area is 145 Å². The molecule has 3 heteroatoms. The van der Waals surface area contributed by atoms with Crippen molar-refractivity contribution in [3.63, 3.8) is 0 Å². The van der Waals surface area contributed by atoms with Crippen LogP contribution in [0.5, 0.6) is 0 Å². The summed E-state index contributed by atoms with van der Waals surface area (Å²) in [6, 6.07) is 6.42. The van der Waals surface area contributed by atoms with Crippen LogP contribution in [0.4, 0.5) is 0 Å². The molecule has 1 fully saturated rings. The van der Waals surface area contributed by atoms with Crippen LogP contribution in [0.2, 0.25) is 0 Å². The molecule has 0 spiro atoms. The fraction of sp³-hybridized carbons (Fsp3) is 0.619. The summed E-state index contributed by atoms with van der Waals surface area (Å²) in [5, 5.41) is 0. The predicted molar refractivity (Wildman–Crippen MR) is 99.5 cm³/mol. The largest absolute Gasteiger partial charge is 0.326 e. The quantitative estimate of drug-likeness (QED) is 0.843. The lowest BCUT2D eigenvalue weighted by Gasteiger charge is -2.30. The Morgan fingerprint density at radius 3 is 2.58 bits per heavy atom. The number of hydrogen-bond acceptors (Lipinski definition) is 3. The summed E-state index contributed by atoms with van der Waals surface area (Å²) < 4.78 is 0. The van der Waals surface area contributed by atoms with E-state index in [0.29, 0.717) is 18.7 Å². The number of benzene rings is 1. The second-order valence-corrected chi connectivity index (χ2v) is 8.07. The predicted octanol–water partition coefficient (Wildman–Crippen LogP) is 4.20. The van der Waals surface area contributed by atoms with E-state index < -0.39 is 0 Å². The molecule has 0 saturated heterocycles. The van der Waals surface area contributed by atoms with Crippen molar-refractivity contribution >= 4 is 11.5 Å². The van der Waals surface area contributed by atoms with Crippen LogP contribution in [-0.2, 0) is 17.8 Å². The van der Waals surface area contributed by atoms with E-state index >= 15 is 0 Å². The van der Waals surface area contributed by atoms with E-state index in [-0.39, 0.29) is 11.5 Å². The summed E-state index contributed by atoms with van der Waals surface area (Å²) in [5.74, 6) is 0.624. The standard InChI is InChI=1S/C21H30N2O/c1-21(2)13-17-10-9-15(14-22)11-18(17)19(23-21)12-20(24)16-7-5-3-4-6-8-16/h9-11,16H,3-8,12-14,22H2,1-2H3. The summed E-state index contributed by atoms with van der Waals surface area (Å²) in [6.07, 6.45) is 8.48. The van der Waals surface area contributed by atoms with Crippen molar-refractivity contribution in [3.8, 4) is 0 Å². The molecule has 3 rings (SSSR count). The number of Topliss-reactive ketones (excluding diaryl/α,β-unsaturated/α-hetero) is 1. The van der Waals surface area contributed by atoms with Crippen molar-refractivity contribution in [1.29, 1.82) is 0 Å². The van der Waals surface area contributed by atoms with Gasteiger partial charge >= 0.3 is 0 Å². The number of nitrogens with zero attached hydrogens (tertiary/aromatic N) is 1. The van der Waals surface area contributed by atoms with Gasteiger partial charge in [0.2, 0.25) is 0 Å². The van der Waals surface area contributed by atoms with Crippen LogP contribution in [-0.4, -0.2) is 17.0 Å². The van der Waals surface area contributed by atoms with Gasteiger partial charge in [0.1, 0.15) is 5.78 Å². The average molecular weight is 326 g/mol. The van der Waals surface area contributed by atoms with Gasteiger partial charge in [-0.15, -0.1) is 0 Å². The minimum atomic E-state index is -0.129. The van der Waals surface area contributed by atoms with Gasteiger partial charge < -0.3 is 5.73 Å². The van der Waals surface area contributed by atoms with E-state index in [2.05, 4.69) is 32.0 Å². The molecule has 130 valence electrons.